The van der Waals surface area contributed by atoms with E-state index < -0.39 is 0 Å². The van der Waals surface area contributed by atoms with Gasteiger partial charge in [-0.1, -0.05) is 47.6 Å². The van der Waals surface area contributed by atoms with Gasteiger partial charge in [0.1, 0.15) is 0 Å². The molecule has 3 heteroatoms. The minimum Gasteiger partial charge on any atom is -0.369 e. The maximum absolute atomic E-state index is 3.76. The lowest BCUT2D eigenvalue weighted by molar-refractivity contribution is 0.369. The Morgan fingerprint density at radius 2 is 1.74 bits per heavy atom. The summed E-state index contributed by atoms with van der Waals surface area (Å²) in [5.74, 6) is 0. The fourth-order valence-corrected chi connectivity index (χ4v) is 1.22. The summed E-state index contributed by atoms with van der Waals surface area (Å²) in [6.07, 6.45) is 4.80. The van der Waals surface area contributed by atoms with E-state index in [0.29, 0.717) is 0 Å². The molecule has 0 aromatic heterocycles. The van der Waals surface area contributed by atoms with Crippen LogP contribution in [-0.4, -0.2) is 37.8 Å². The first-order valence-electron chi connectivity index (χ1n) is 7.45. The molecule has 0 aliphatic carbocycles. The van der Waals surface area contributed by atoms with Crippen molar-refractivity contribution in [3.05, 3.63) is 24.6 Å². The van der Waals surface area contributed by atoms with E-state index in [4.69, 9.17) is 0 Å². The molecule has 0 bridgehead atoms. The molecule has 0 unspecified atom stereocenters. The monoisotopic (exact) mass is 269 g/mol. The summed E-state index contributed by atoms with van der Waals surface area (Å²) in [7, 11) is 0. The Kier molecular flexibility index (Phi) is 26.8. The molecule has 0 heterocycles. The van der Waals surface area contributed by atoms with Crippen LogP contribution in [0.3, 0.4) is 0 Å². The number of nitrogens with one attached hydrogen (secondary N) is 1. The Hall–Kier alpha value is -1.09. The van der Waals surface area contributed by atoms with Gasteiger partial charge in [-0.05, 0) is 26.3 Å². The van der Waals surface area contributed by atoms with Gasteiger partial charge in [-0.2, -0.15) is 0 Å². The van der Waals surface area contributed by atoms with E-state index in [-0.39, 0.29) is 0 Å². The SMILES string of the molecule is C=C/C(=C\N=C)N(CC)CCNCC.CC.CCC. The van der Waals surface area contributed by atoms with Crippen LogP contribution < -0.4 is 5.32 Å². The largest absolute Gasteiger partial charge is 0.369 e. The van der Waals surface area contributed by atoms with Crippen LogP contribution in [0.5, 0.6) is 0 Å². The van der Waals surface area contributed by atoms with E-state index in [9.17, 15) is 0 Å². The van der Waals surface area contributed by atoms with Crippen molar-refractivity contribution in [3.63, 3.8) is 0 Å². The van der Waals surface area contributed by atoms with Crippen molar-refractivity contribution >= 4 is 6.72 Å². The molecule has 0 aliphatic rings. The van der Waals surface area contributed by atoms with Gasteiger partial charge in [0.05, 0.1) is 5.70 Å². The molecule has 1 N–H and O–H groups in total. The summed E-state index contributed by atoms with van der Waals surface area (Å²) in [5.41, 5.74) is 1.03. The van der Waals surface area contributed by atoms with E-state index in [1.807, 2.05) is 19.9 Å². The molecule has 0 saturated carbocycles. The minimum atomic E-state index is 0.957. The molecule has 0 saturated heterocycles. The topological polar surface area (TPSA) is 27.6 Å². The quantitative estimate of drug-likeness (QED) is 0.408. The van der Waals surface area contributed by atoms with E-state index in [1.165, 1.54) is 6.42 Å². The molecule has 0 amide bonds. The first-order chi connectivity index (χ1) is 9.21. The maximum atomic E-state index is 3.76. The van der Waals surface area contributed by atoms with Gasteiger partial charge in [-0.15, -0.1) is 0 Å². The molecule has 0 aromatic carbocycles. The zero-order chi connectivity index (χ0) is 15.5. The molecule has 0 fully saturated rings. The average Bonchev–Trinajstić information content (AvgIpc) is 2.45. The molecular formula is C16H35N3. The highest BCUT2D eigenvalue weighted by atomic mass is 15.1. The third-order valence-electron chi connectivity index (χ3n) is 1.99. The van der Waals surface area contributed by atoms with Gasteiger partial charge in [0, 0.05) is 25.8 Å². The fourth-order valence-electron chi connectivity index (χ4n) is 1.22. The summed E-state index contributed by atoms with van der Waals surface area (Å²) < 4.78 is 0. The van der Waals surface area contributed by atoms with Gasteiger partial charge in [-0.25, -0.2) is 0 Å². The van der Waals surface area contributed by atoms with Gasteiger partial charge < -0.3 is 10.2 Å². The normalized spacial score (nSPS) is 9.47. The van der Waals surface area contributed by atoms with Gasteiger partial charge in [0.15, 0.2) is 0 Å². The lowest BCUT2D eigenvalue weighted by Gasteiger charge is -2.23. The molecule has 0 spiro atoms. The van der Waals surface area contributed by atoms with Crippen molar-refractivity contribution < 1.29 is 0 Å². The molecule has 0 rings (SSSR count). The Morgan fingerprint density at radius 3 is 2.05 bits per heavy atom. The van der Waals surface area contributed by atoms with Crippen molar-refractivity contribution in [2.75, 3.05) is 26.2 Å². The summed E-state index contributed by atoms with van der Waals surface area (Å²) in [6.45, 7) is 23.6. The van der Waals surface area contributed by atoms with Crippen LogP contribution in [0.4, 0.5) is 0 Å². The highest BCUT2D eigenvalue weighted by molar-refractivity contribution is 5.28. The summed E-state index contributed by atoms with van der Waals surface area (Å²) in [6, 6.07) is 0. The summed E-state index contributed by atoms with van der Waals surface area (Å²) in [4.78, 5) is 5.97. The Morgan fingerprint density at radius 1 is 1.21 bits per heavy atom. The maximum Gasteiger partial charge on any atom is 0.0546 e. The van der Waals surface area contributed by atoms with Gasteiger partial charge in [0.2, 0.25) is 0 Å². The van der Waals surface area contributed by atoms with Crippen LogP contribution in [0, 0.1) is 0 Å². The Balaban J connectivity index is -0.000000445. The predicted molar refractivity (Wildman–Crippen MR) is 90.9 cm³/mol. The zero-order valence-corrected chi connectivity index (χ0v) is 14.0. The smallest absolute Gasteiger partial charge is 0.0546 e. The molecule has 0 atom stereocenters. The van der Waals surface area contributed by atoms with Gasteiger partial charge in [0.25, 0.3) is 0 Å². The lowest BCUT2D eigenvalue weighted by atomic mass is 10.3. The highest BCUT2D eigenvalue weighted by Gasteiger charge is 2.02. The molecular weight excluding hydrogens is 234 g/mol. The Labute approximate surface area is 121 Å². The van der Waals surface area contributed by atoms with Crippen LogP contribution in [0.15, 0.2) is 29.5 Å². The highest BCUT2D eigenvalue weighted by Crippen LogP contribution is 2.04. The number of aliphatic imine (C=N–C) groups is 1. The molecule has 0 aromatic rings. The van der Waals surface area contributed by atoms with E-state index in [2.05, 4.69) is 56.2 Å². The lowest BCUT2D eigenvalue weighted by Crippen LogP contribution is -2.31. The second-order valence-corrected chi connectivity index (χ2v) is 3.58. The first kappa shape index (κ1) is 23.0. The van der Waals surface area contributed by atoms with E-state index >= 15 is 0 Å². The number of allylic oxidation sites excluding steroid dienone is 1. The third kappa shape index (κ3) is 16.9. The van der Waals surface area contributed by atoms with Crippen molar-refractivity contribution in [1.82, 2.24) is 10.2 Å². The van der Waals surface area contributed by atoms with E-state index in [1.54, 1.807) is 6.20 Å². The number of hydrogen-bond donors (Lipinski definition) is 1. The van der Waals surface area contributed by atoms with Crippen molar-refractivity contribution in [1.29, 1.82) is 0 Å². The first-order valence-corrected chi connectivity index (χ1v) is 7.45. The van der Waals surface area contributed by atoms with E-state index in [0.717, 1.165) is 31.9 Å². The van der Waals surface area contributed by atoms with Crippen molar-refractivity contribution in [2.45, 2.75) is 48.0 Å². The number of likely N-dealkylation sites (N-methyl/N-ethyl adjacent to an activating group) is 2. The average molecular weight is 269 g/mol. The van der Waals surface area contributed by atoms with Crippen LogP contribution >= 0.6 is 0 Å². The van der Waals surface area contributed by atoms with Crippen molar-refractivity contribution in [3.8, 4) is 0 Å². The van der Waals surface area contributed by atoms with Crippen LogP contribution in [0.2, 0.25) is 0 Å². The summed E-state index contributed by atoms with van der Waals surface area (Å²) in [5, 5.41) is 3.28. The number of hydrogen-bond acceptors (Lipinski definition) is 3. The molecule has 19 heavy (non-hydrogen) atoms. The zero-order valence-electron chi connectivity index (χ0n) is 14.0. The Bertz CT molecular complexity index is 210. The standard InChI is InChI=1S/C11H21N3.C3H8.C2H6/c1-5-11(10-12-4)14(7-3)9-8-13-6-2;1-3-2;1-2/h5,10,13H,1,4,6-9H2,2-3H3;3H2,1-2H3;1-2H3/b11-10+;;. The molecule has 3 nitrogen and oxygen atoms in total. The number of nitrogens with zero attached hydrogens (tertiary/aromatic N) is 2. The molecule has 0 radical (unpaired) electrons. The molecule has 0 aliphatic heterocycles. The van der Waals surface area contributed by atoms with Gasteiger partial charge in [-0.3, -0.25) is 4.99 Å². The predicted octanol–water partition coefficient (Wildman–Crippen LogP) is 4.09. The minimum absolute atomic E-state index is 0.957. The van der Waals surface area contributed by atoms with Crippen LogP contribution in [-0.2, 0) is 0 Å². The number of rotatable bonds is 8. The summed E-state index contributed by atoms with van der Waals surface area (Å²) >= 11 is 0. The van der Waals surface area contributed by atoms with Gasteiger partial charge >= 0.3 is 0 Å². The second-order valence-electron chi connectivity index (χ2n) is 3.58. The third-order valence-corrected chi connectivity index (χ3v) is 1.99. The van der Waals surface area contributed by atoms with Crippen LogP contribution in [0.25, 0.3) is 0 Å². The second kappa shape index (κ2) is 22.1. The molecule has 114 valence electrons. The fraction of sp³-hybridized carbons (Fsp3) is 0.688. The van der Waals surface area contributed by atoms with Crippen molar-refractivity contribution in [2.24, 2.45) is 4.99 Å². The van der Waals surface area contributed by atoms with Crippen LogP contribution in [0.1, 0.15) is 48.0 Å².